The maximum absolute atomic E-state index is 12.5. The molecule has 2 heterocycles. The largest absolute Gasteiger partial charge is 0.492 e. The predicted octanol–water partition coefficient (Wildman–Crippen LogP) is 2.78. The summed E-state index contributed by atoms with van der Waals surface area (Å²) in [5.41, 5.74) is 1.31. The van der Waals surface area contributed by atoms with Crippen LogP contribution in [0.1, 0.15) is 13.3 Å². The summed E-state index contributed by atoms with van der Waals surface area (Å²) in [7, 11) is 0. The highest BCUT2D eigenvalue weighted by Crippen LogP contribution is 2.35. The van der Waals surface area contributed by atoms with Crippen LogP contribution in [0.3, 0.4) is 0 Å². The van der Waals surface area contributed by atoms with E-state index in [1.54, 1.807) is 29.2 Å². The zero-order chi connectivity index (χ0) is 20.2. The molecular formula is C21H23N3O5. The van der Waals surface area contributed by atoms with Crippen molar-refractivity contribution in [1.82, 2.24) is 5.32 Å². The van der Waals surface area contributed by atoms with Gasteiger partial charge in [-0.15, -0.1) is 0 Å². The molecule has 1 fully saturated rings. The van der Waals surface area contributed by atoms with Crippen LogP contribution in [0.4, 0.5) is 16.2 Å². The van der Waals surface area contributed by atoms with Crippen molar-refractivity contribution in [3.8, 4) is 17.2 Å². The van der Waals surface area contributed by atoms with E-state index >= 15 is 0 Å². The van der Waals surface area contributed by atoms with Gasteiger partial charge >= 0.3 is 6.03 Å². The summed E-state index contributed by atoms with van der Waals surface area (Å²) < 4.78 is 16.6. The SMILES string of the molecule is CCOc1ccccc1NC(=O)N[C@@H]1CC(=O)N(c2ccc3c(c2)OCCO3)C1. The van der Waals surface area contributed by atoms with Gasteiger partial charge in [-0.05, 0) is 31.2 Å². The van der Waals surface area contributed by atoms with E-state index in [1.165, 1.54) is 0 Å². The number of fused-ring (bicyclic) bond motifs is 1. The third-order valence-electron chi connectivity index (χ3n) is 4.73. The van der Waals surface area contributed by atoms with E-state index in [9.17, 15) is 9.59 Å². The van der Waals surface area contributed by atoms with E-state index in [2.05, 4.69) is 10.6 Å². The Morgan fingerprint density at radius 2 is 1.97 bits per heavy atom. The second kappa shape index (κ2) is 8.30. The number of nitrogens with zero attached hydrogens (tertiary/aromatic N) is 1. The molecule has 0 aromatic heterocycles. The highest BCUT2D eigenvalue weighted by atomic mass is 16.6. The first-order valence-corrected chi connectivity index (χ1v) is 9.63. The second-order valence-corrected chi connectivity index (χ2v) is 6.76. The second-order valence-electron chi connectivity index (χ2n) is 6.76. The van der Waals surface area contributed by atoms with E-state index in [-0.39, 0.29) is 24.4 Å². The molecule has 4 rings (SSSR count). The van der Waals surface area contributed by atoms with Crippen molar-refractivity contribution in [2.45, 2.75) is 19.4 Å². The summed E-state index contributed by atoms with van der Waals surface area (Å²) >= 11 is 0. The number of benzene rings is 2. The van der Waals surface area contributed by atoms with E-state index < -0.39 is 0 Å². The summed E-state index contributed by atoms with van der Waals surface area (Å²) in [5.74, 6) is 1.85. The number of para-hydroxylation sites is 2. The lowest BCUT2D eigenvalue weighted by atomic mass is 10.2. The molecule has 0 bridgehead atoms. The molecule has 2 aromatic rings. The van der Waals surface area contributed by atoms with Gasteiger partial charge in [-0.1, -0.05) is 12.1 Å². The number of hydrogen-bond acceptors (Lipinski definition) is 5. The summed E-state index contributed by atoms with van der Waals surface area (Å²) in [6.07, 6.45) is 0.231. The number of carbonyl (C=O) groups excluding carboxylic acids is 2. The molecular weight excluding hydrogens is 374 g/mol. The molecule has 0 aliphatic carbocycles. The first-order valence-electron chi connectivity index (χ1n) is 9.63. The van der Waals surface area contributed by atoms with Crippen molar-refractivity contribution in [1.29, 1.82) is 0 Å². The minimum absolute atomic E-state index is 0.0540. The molecule has 0 saturated carbocycles. The number of anilines is 2. The van der Waals surface area contributed by atoms with Gasteiger partial charge in [-0.3, -0.25) is 4.79 Å². The molecule has 3 amide bonds. The summed E-state index contributed by atoms with van der Waals surface area (Å²) in [6.45, 7) is 3.77. The third kappa shape index (κ3) is 4.21. The topological polar surface area (TPSA) is 89.1 Å². The van der Waals surface area contributed by atoms with Gasteiger partial charge in [0.05, 0.1) is 18.3 Å². The van der Waals surface area contributed by atoms with Crippen LogP contribution < -0.4 is 29.7 Å². The van der Waals surface area contributed by atoms with Crippen LogP contribution in [0.2, 0.25) is 0 Å². The number of carbonyl (C=O) groups is 2. The molecule has 8 heteroatoms. The molecule has 1 saturated heterocycles. The molecule has 2 aliphatic rings. The molecule has 29 heavy (non-hydrogen) atoms. The molecule has 0 spiro atoms. The fraction of sp³-hybridized carbons (Fsp3) is 0.333. The van der Waals surface area contributed by atoms with E-state index in [4.69, 9.17) is 14.2 Å². The normalized spacial score (nSPS) is 17.8. The zero-order valence-corrected chi connectivity index (χ0v) is 16.1. The van der Waals surface area contributed by atoms with Crippen LogP contribution in [0.25, 0.3) is 0 Å². The minimum atomic E-state index is -0.376. The maximum atomic E-state index is 12.5. The van der Waals surface area contributed by atoms with Crippen LogP contribution in [0.5, 0.6) is 17.2 Å². The lowest BCUT2D eigenvalue weighted by Crippen LogP contribution is -2.39. The van der Waals surface area contributed by atoms with Gasteiger partial charge in [0.1, 0.15) is 19.0 Å². The zero-order valence-electron chi connectivity index (χ0n) is 16.1. The fourth-order valence-electron chi connectivity index (χ4n) is 3.45. The molecule has 8 nitrogen and oxygen atoms in total. The Morgan fingerprint density at radius 1 is 1.17 bits per heavy atom. The van der Waals surface area contributed by atoms with Gasteiger partial charge < -0.3 is 29.7 Å². The average Bonchev–Trinajstić information content (AvgIpc) is 3.09. The average molecular weight is 397 g/mol. The molecule has 2 N–H and O–H groups in total. The Morgan fingerprint density at radius 3 is 2.79 bits per heavy atom. The first kappa shape index (κ1) is 18.9. The highest BCUT2D eigenvalue weighted by Gasteiger charge is 2.32. The Labute approximate surface area is 168 Å². The summed E-state index contributed by atoms with van der Waals surface area (Å²) in [5, 5.41) is 5.66. The monoisotopic (exact) mass is 397 g/mol. The van der Waals surface area contributed by atoms with Crippen molar-refractivity contribution < 1.29 is 23.8 Å². The number of rotatable bonds is 5. The Bertz CT molecular complexity index is 917. The Kier molecular flexibility index (Phi) is 5.41. The van der Waals surface area contributed by atoms with Crippen molar-refractivity contribution in [3.05, 3.63) is 42.5 Å². The third-order valence-corrected chi connectivity index (χ3v) is 4.73. The van der Waals surface area contributed by atoms with Crippen LogP contribution >= 0.6 is 0 Å². The molecule has 1 atom stereocenters. The van der Waals surface area contributed by atoms with Crippen LogP contribution in [0.15, 0.2) is 42.5 Å². The lowest BCUT2D eigenvalue weighted by Gasteiger charge is -2.22. The van der Waals surface area contributed by atoms with Gasteiger partial charge in [0.25, 0.3) is 0 Å². The minimum Gasteiger partial charge on any atom is -0.492 e. The van der Waals surface area contributed by atoms with Crippen molar-refractivity contribution in [2.24, 2.45) is 0 Å². The molecule has 2 aliphatic heterocycles. The van der Waals surface area contributed by atoms with Gasteiger partial charge in [-0.25, -0.2) is 4.79 Å². The molecule has 0 radical (unpaired) electrons. The number of amides is 3. The summed E-state index contributed by atoms with van der Waals surface area (Å²) in [6, 6.07) is 12.0. The van der Waals surface area contributed by atoms with Gasteiger partial charge in [0.15, 0.2) is 11.5 Å². The van der Waals surface area contributed by atoms with Crippen LogP contribution in [0, 0.1) is 0 Å². The Hall–Kier alpha value is -3.42. The number of urea groups is 1. The fourth-order valence-corrected chi connectivity index (χ4v) is 3.45. The van der Waals surface area contributed by atoms with E-state index in [1.807, 2.05) is 25.1 Å². The van der Waals surface area contributed by atoms with Gasteiger partial charge in [-0.2, -0.15) is 0 Å². The van der Waals surface area contributed by atoms with E-state index in [0.29, 0.717) is 49.3 Å². The quantitative estimate of drug-likeness (QED) is 0.810. The van der Waals surface area contributed by atoms with Crippen molar-refractivity contribution >= 4 is 23.3 Å². The first-order chi connectivity index (χ1) is 14.1. The maximum Gasteiger partial charge on any atom is 0.319 e. The smallest absolute Gasteiger partial charge is 0.319 e. The van der Waals surface area contributed by atoms with E-state index in [0.717, 1.165) is 5.69 Å². The van der Waals surface area contributed by atoms with Crippen LogP contribution in [-0.4, -0.2) is 44.3 Å². The van der Waals surface area contributed by atoms with Gasteiger partial charge in [0, 0.05) is 24.7 Å². The standard InChI is InChI=1S/C21H23N3O5/c1-2-27-17-6-4-3-5-16(17)23-21(26)22-14-11-20(25)24(13-14)15-7-8-18-19(12-15)29-10-9-28-18/h3-8,12,14H,2,9-11,13H2,1H3,(H2,22,23,26)/t14-/m1/s1. The highest BCUT2D eigenvalue weighted by molar-refractivity contribution is 5.98. The summed E-state index contributed by atoms with van der Waals surface area (Å²) in [4.78, 5) is 26.6. The van der Waals surface area contributed by atoms with Crippen LogP contribution in [-0.2, 0) is 4.79 Å². The van der Waals surface area contributed by atoms with Crippen molar-refractivity contribution in [3.63, 3.8) is 0 Å². The molecule has 152 valence electrons. The number of nitrogens with one attached hydrogen (secondary N) is 2. The van der Waals surface area contributed by atoms with Gasteiger partial charge in [0.2, 0.25) is 5.91 Å². The predicted molar refractivity (Wildman–Crippen MR) is 108 cm³/mol. The molecule has 2 aromatic carbocycles. The molecule has 0 unspecified atom stereocenters. The number of hydrogen-bond donors (Lipinski definition) is 2. The van der Waals surface area contributed by atoms with Crippen molar-refractivity contribution in [2.75, 3.05) is 36.6 Å². The lowest BCUT2D eigenvalue weighted by molar-refractivity contribution is -0.117. The Balaban J connectivity index is 1.39. The number of ether oxygens (including phenoxy) is 3.